The molecule has 0 aromatic heterocycles. The highest BCUT2D eigenvalue weighted by Gasteiger charge is 2.24. The molecule has 2 nitrogen and oxygen atoms in total. The van der Waals surface area contributed by atoms with Crippen molar-refractivity contribution in [3.63, 3.8) is 0 Å². The summed E-state index contributed by atoms with van der Waals surface area (Å²) in [5, 5.41) is 0. The topological polar surface area (TPSA) is 20.3 Å². The summed E-state index contributed by atoms with van der Waals surface area (Å²) < 4.78 is 0. The summed E-state index contributed by atoms with van der Waals surface area (Å²) in [6.45, 7) is 1.63. The molecule has 0 saturated carbocycles. The number of anilines is 1. The van der Waals surface area contributed by atoms with E-state index in [0.29, 0.717) is 0 Å². The van der Waals surface area contributed by atoms with Crippen LogP contribution in [0.3, 0.4) is 0 Å². The first-order chi connectivity index (χ1) is 11.8. The minimum absolute atomic E-state index is 0.0338. The highest BCUT2D eigenvalue weighted by molar-refractivity contribution is 5.92. The molecule has 24 heavy (non-hydrogen) atoms. The predicted octanol–water partition coefficient (Wildman–Crippen LogP) is 5.02. The summed E-state index contributed by atoms with van der Waals surface area (Å²) in [4.78, 5) is 14.4. The molecule has 1 amide bonds. The number of hydrogen-bond donors (Lipinski definition) is 0. The second-order valence-corrected chi connectivity index (χ2v) is 5.84. The van der Waals surface area contributed by atoms with Crippen LogP contribution in [0.15, 0.2) is 91.0 Å². The number of carbonyl (C=O) groups excluding carboxylic acids is 1. The summed E-state index contributed by atoms with van der Waals surface area (Å²) in [6.07, 6.45) is 0.777. The van der Waals surface area contributed by atoms with Gasteiger partial charge < -0.3 is 4.90 Å². The zero-order valence-electron chi connectivity index (χ0n) is 13.8. The van der Waals surface area contributed by atoms with E-state index >= 15 is 0 Å². The zero-order valence-corrected chi connectivity index (χ0v) is 13.8. The number of amides is 1. The van der Waals surface area contributed by atoms with Crippen molar-refractivity contribution in [2.24, 2.45) is 0 Å². The quantitative estimate of drug-likeness (QED) is 0.647. The van der Waals surface area contributed by atoms with Gasteiger partial charge in [0.1, 0.15) is 0 Å². The van der Waals surface area contributed by atoms with Crippen LogP contribution in [0.5, 0.6) is 0 Å². The Balaban J connectivity index is 2.03. The number of benzene rings is 3. The smallest absolute Gasteiger partial charge is 0.224 e. The zero-order chi connectivity index (χ0) is 16.8. The van der Waals surface area contributed by atoms with E-state index in [4.69, 9.17) is 0 Å². The van der Waals surface area contributed by atoms with Crippen LogP contribution < -0.4 is 4.90 Å². The molecule has 0 heterocycles. The highest BCUT2D eigenvalue weighted by atomic mass is 16.2. The van der Waals surface area contributed by atoms with Crippen LogP contribution >= 0.6 is 0 Å². The van der Waals surface area contributed by atoms with Gasteiger partial charge >= 0.3 is 0 Å². The molecule has 0 aliphatic carbocycles. The van der Waals surface area contributed by atoms with Gasteiger partial charge in [0.15, 0.2) is 0 Å². The van der Waals surface area contributed by atoms with Gasteiger partial charge in [-0.3, -0.25) is 4.79 Å². The Morgan fingerprint density at radius 2 is 1.29 bits per heavy atom. The lowest BCUT2D eigenvalue weighted by molar-refractivity contribution is -0.117. The lowest BCUT2D eigenvalue weighted by Crippen LogP contribution is -2.34. The Kier molecular flexibility index (Phi) is 5.07. The van der Waals surface area contributed by atoms with E-state index in [9.17, 15) is 4.79 Å². The number of para-hydroxylation sites is 1. The van der Waals surface area contributed by atoms with Crippen molar-refractivity contribution in [2.45, 2.75) is 19.4 Å². The molecule has 0 bridgehead atoms. The average molecular weight is 315 g/mol. The monoisotopic (exact) mass is 315 g/mol. The molecule has 2 heteroatoms. The minimum atomic E-state index is -0.0338. The summed E-state index contributed by atoms with van der Waals surface area (Å²) in [5.74, 6) is 0.0472. The molecular weight excluding hydrogens is 294 g/mol. The fraction of sp³-hybridized carbons (Fsp3) is 0.136. The van der Waals surface area contributed by atoms with Crippen LogP contribution in [0, 0.1) is 0 Å². The van der Waals surface area contributed by atoms with Gasteiger partial charge in [0.05, 0.1) is 6.04 Å². The van der Waals surface area contributed by atoms with E-state index in [1.807, 2.05) is 71.6 Å². The SMILES string of the molecule is CC(=O)N(c1ccccc1)C(Cc1ccccc1)c1ccccc1. The van der Waals surface area contributed by atoms with Crippen LogP contribution in [0.25, 0.3) is 0 Å². The highest BCUT2D eigenvalue weighted by Crippen LogP contribution is 2.30. The second-order valence-electron chi connectivity index (χ2n) is 5.84. The molecule has 1 atom stereocenters. The van der Waals surface area contributed by atoms with Crippen LogP contribution in [-0.4, -0.2) is 5.91 Å². The number of nitrogens with zero attached hydrogens (tertiary/aromatic N) is 1. The number of rotatable bonds is 5. The molecule has 3 aromatic rings. The maximum Gasteiger partial charge on any atom is 0.224 e. The fourth-order valence-corrected chi connectivity index (χ4v) is 3.04. The standard InChI is InChI=1S/C22H21NO/c1-18(24)23(21-15-9-4-10-16-21)22(20-13-7-3-8-14-20)17-19-11-5-2-6-12-19/h2-16,22H,17H2,1H3. The van der Waals surface area contributed by atoms with E-state index < -0.39 is 0 Å². The molecule has 0 saturated heterocycles. The number of hydrogen-bond acceptors (Lipinski definition) is 1. The van der Waals surface area contributed by atoms with Gasteiger partial charge in [-0.1, -0.05) is 78.9 Å². The van der Waals surface area contributed by atoms with Gasteiger partial charge in [0.25, 0.3) is 0 Å². The van der Waals surface area contributed by atoms with Crippen molar-refractivity contribution in [3.05, 3.63) is 102 Å². The van der Waals surface area contributed by atoms with Crippen LogP contribution in [0.2, 0.25) is 0 Å². The van der Waals surface area contributed by atoms with Crippen molar-refractivity contribution in [2.75, 3.05) is 4.90 Å². The Morgan fingerprint density at radius 3 is 1.83 bits per heavy atom. The maximum absolute atomic E-state index is 12.5. The Labute approximate surface area is 143 Å². The molecule has 0 fully saturated rings. The average Bonchev–Trinajstić information content (AvgIpc) is 2.63. The van der Waals surface area contributed by atoms with Crippen molar-refractivity contribution < 1.29 is 4.79 Å². The molecule has 0 N–H and O–H groups in total. The Hall–Kier alpha value is -2.87. The van der Waals surface area contributed by atoms with E-state index in [2.05, 4.69) is 24.3 Å². The van der Waals surface area contributed by atoms with E-state index in [1.54, 1.807) is 6.92 Å². The first-order valence-corrected chi connectivity index (χ1v) is 8.19. The molecule has 3 rings (SSSR count). The van der Waals surface area contributed by atoms with E-state index in [-0.39, 0.29) is 11.9 Å². The maximum atomic E-state index is 12.5. The minimum Gasteiger partial charge on any atom is -0.305 e. The molecule has 3 aromatic carbocycles. The Bertz CT molecular complexity index is 769. The molecule has 0 radical (unpaired) electrons. The third-order valence-corrected chi connectivity index (χ3v) is 4.14. The first-order valence-electron chi connectivity index (χ1n) is 8.19. The van der Waals surface area contributed by atoms with Gasteiger partial charge in [0.2, 0.25) is 5.91 Å². The molecule has 0 spiro atoms. The summed E-state index contributed by atoms with van der Waals surface area (Å²) in [7, 11) is 0. The molecule has 120 valence electrons. The van der Waals surface area contributed by atoms with Gasteiger partial charge in [0, 0.05) is 12.6 Å². The van der Waals surface area contributed by atoms with Crippen molar-refractivity contribution in [1.82, 2.24) is 0 Å². The molecule has 0 aliphatic heterocycles. The lowest BCUT2D eigenvalue weighted by atomic mass is 9.96. The third-order valence-electron chi connectivity index (χ3n) is 4.14. The molecular formula is C22H21NO. The fourth-order valence-electron chi connectivity index (χ4n) is 3.04. The summed E-state index contributed by atoms with van der Waals surface area (Å²) in [5.41, 5.74) is 3.28. The van der Waals surface area contributed by atoms with Gasteiger partial charge in [-0.05, 0) is 29.7 Å². The lowest BCUT2D eigenvalue weighted by Gasteiger charge is -2.32. The van der Waals surface area contributed by atoms with Crippen LogP contribution in [0.1, 0.15) is 24.1 Å². The van der Waals surface area contributed by atoms with Crippen LogP contribution in [0.4, 0.5) is 5.69 Å². The van der Waals surface area contributed by atoms with Gasteiger partial charge in [-0.15, -0.1) is 0 Å². The third kappa shape index (κ3) is 3.72. The number of carbonyl (C=O) groups is 1. The molecule has 1 unspecified atom stereocenters. The van der Waals surface area contributed by atoms with Crippen molar-refractivity contribution in [3.8, 4) is 0 Å². The van der Waals surface area contributed by atoms with Gasteiger partial charge in [-0.25, -0.2) is 0 Å². The van der Waals surface area contributed by atoms with Gasteiger partial charge in [-0.2, -0.15) is 0 Å². The van der Waals surface area contributed by atoms with Crippen molar-refractivity contribution >= 4 is 11.6 Å². The van der Waals surface area contributed by atoms with Crippen LogP contribution in [-0.2, 0) is 11.2 Å². The summed E-state index contributed by atoms with van der Waals surface area (Å²) in [6, 6.07) is 30.4. The second kappa shape index (κ2) is 7.60. The van der Waals surface area contributed by atoms with Crippen molar-refractivity contribution in [1.29, 1.82) is 0 Å². The molecule has 0 aliphatic rings. The summed E-state index contributed by atoms with van der Waals surface area (Å²) >= 11 is 0. The van der Waals surface area contributed by atoms with E-state index in [1.165, 1.54) is 5.56 Å². The van der Waals surface area contributed by atoms with E-state index in [0.717, 1.165) is 17.7 Å². The first kappa shape index (κ1) is 16.0. The largest absolute Gasteiger partial charge is 0.305 e. The predicted molar refractivity (Wildman–Crippen MR) is 98.9 cm³/mol. The normalized spacial score (nSPS) is 11.7. The Morgan fingerprint density at radius 1 is 0.792 bits per heavy atom.